The maximum Gasteiger partial charge on any atom is 0.0992 e. The lowest BCUT2D eigenvalue weighted by molar-refractivity contribution is 0.0566. The molecule has 0 aromatic heterocycles. The van der Waals surface area contributed by atoms with Gasteiger partial charge in [-0.15, -0.1) is 0 Å². The fraction of sp³-hybridized carbons (Fsp3) is 0.600. The highest BCUT2D eigenvalue weighted by atomic mass is 32.2. The highest BCUT2D eigenvalue weighted by Gasteiger charge is 2.30. The van der Waals surface area contributed by atoms with Crippen molar-refractivity contribution in [1.82, 2.24) is 5.32 Å². The minimum Gasteiger partial charge on any atom is -0.384 e. The first-order chi connectivity index (χ1) is 8.52. The van der Waals surface area contributed by atoms with Crippen LogP contribution in [0.25, 0.3) is 0 Å². The topological polar surface area (TPSA) is 32.3 Å². The van der Waals surface area contributed by atoms with Gasteiger partial charge in [-0.3, -0.25) is 0 Å². The minimum atomic E-state index is -0.791. The SMILES string of the molecule is CC1(CNCC(C)(O)c2ccccc2)CCCS1. The third-order valence-electron chi connectivity index (χ3n) is 3.66. The van der Waals surface area contributed by atoms with Crippen molar-refractivity contribution in [3.8, 4) is 0 Å². The van der Waals surface area contributed by atoms with E-state index in [1.165, 1.54) is 18.6 Å². The third kappa shape index (κ3) is 3.50. The fourth-order valence-electron chi connectivity index (χ4n) is 2.45. The van der Waals surface area contributed by atoms with Gasteiger partial charge in [0.25, 0.3) is 0 Å². The van der Waals surface area contributed by atoms with Crippen LogP contribution in [0.15, 0.2) is 30.3 Å². The molecule has 100 valence electrons. The molecule has 0 saturated carbocycles. The van der Waals surface area contributed by atoms with Crippen LogP contribution in [0.2, 0.25) is 0 Å². The lowest BCUT2D eigenvalue weighted by Gasteiger charge is -2.28. The molecule has 1 fully saturated rings. The van der Waals surface area contributed by atoms with Crippen molar-refractivity contribution in [3.05, 3.63) is 35.9 Å². The highest BCUT2D eigenvalue weighted by Crippen LogP contribution is 2.37. The molecular formula is C15H23NOS. The average molecular weight is 265 g/mol. The highest BCUT2D eigenvalue weighted by molar-refractivity contribution is 8.00. The second kappa shape index (κ2) is 5.64. The Bertz CT molecular complexity index is 371. The normalized spacial score (nSPS) is 27.1. The van der Waals surface area contributed by atoms with Crippen molar-refractivity contribution in [2.75, 3.05) is 18.8 Å². The van der Waals surface area contributed by atoms with E-state index in [-0.39, 0.29) is 0 Å². The summed E-state index contributed by atoms with van der Waals surface area (Å²) in [7, 11) is 0. The maximum atomic E-state index is 10.5. The van der Waals surface area contributed by atoms with Gasteiger partial charge >= 0.3 is 0 Å². The van der Waals surface area contributed by atoms with Crippen LogP contribution in [0, 0.1) is 0 Å². The van der Waals surface area contributed by atoms with Crippen LogP contribution in [0.3, 0.4) is 0 Å². The summed E-state index contributed by atoms with van der Waals surface area (Å²) in [6.07, 6.45) is 2.59. The van der Waals surface area contributed by atoms with Crippen molar-refractivity contribution >= 4 is 11.8 Å². The van der Waals surface area contributed by atoms with Crippen LogP contribution < -0.4 is 5.32 Å². The number of aliphatic hydroxyl groups is 1. The summed E-state index contributed by atoms with van der Waals surface area (Å²) in [5.74, 6) is 1.27. The van der Waals surface area contributed by atoms with E-state index >= 15 is 0 Å². The molecule has 2 N–H and O–H groups in total. The predicted molar refractivity (Wildman–Crippen MR) is 79.0 cm³/mol. The van der Waals surface area contributed by atoms with Gasteiger partial charge in [0.05, 0.1) is 5.60 Å². The molecule has 2 unspecified atom stereocenters. The molecule has 1 heterocycles. The molecular weight excluding hydrogens is 242 g/mol. The standard InChI is InChI=1S/C15H23NOS/c1-14(9-6-10-18-14)11-16-12-15(2,17)13-7-4-3-5-8-13/h3-5,7-8,16-17H,6,9-12H2,1-2H3. The number of hydrogen-bond donors (Lipinski definition) is 2. The zero-order chi connectivity index (χ0) is 13.1. The summed E-state index contributed by atoms with van der Waals surface area (Å²) in [6.45, 7) is 5.77. The van der Waals surface area contributed by atoms with Crippen LogP contribution >= 0.6 is 11.8 Å². The molecule has 1 aliphatic rings. The van der Waals surface area contributed by atoms with Gasteiger partial charge in [0.2, 0.25) is 0 Å². The molecule has 2 rings (SSSR count). The van der Waals surface area contributed by atoms with E-state index in [0.717, 1.165) is 12.1 Å². The Morgan fingerprint density at radius 2 is 2.11 bits per heavy atom. The second-order valence-corrected chi connectivity index (χ2v) is 7.33. The van der Waals surface area contributed by atoms with Crippen molar-refractivity contribution in [2.45, 2.75) is 37.0 Å². The van der Waals surface area contributed by atoms with Gasteiger partial charge in [0.1, 0.15) is 0 Å². The van der Waals surface area contributed by atoms with Crippen LogP contribution in [0.1, 0.15) is 32.3 Å². The largest absolute Gasteiger partial charge is 0.384 e. The Hall–Kier alpha value is -0.510. The van der Waals surface area contributed by atoms with Crippen LogP contribution in [-0.2, 0) is 5.60 Å². The molecule has 1 aliphatic heterocycles. The van der Waals surface area contributed by atoms with Gasteiger partial charge in [-0.25, -0.2) is 0 Å². The third-order valence-corrected chi connectivity index (χ3v) is 5.20. The van der Waals surface area contributed by atoms with Crippen molar-refractivity contribution in [3.63, 3.8) is 0 Å². The van der Waals surface area contributed by atoms with Gasteiger partial charge < -0.3 is 10.4 Å². The Labute approximate surface area is 114 Å². The van der Waals surface area contributed by atoms with E-state index in [9.17, 15) is 5.11 Å². The van der Waals surface area contributed by atoms with E-state index in [1.54, 1.807) is 0 Å². The molecule has 0 radical (unpaired) electrons. The van der Waals surface area contributed by atoms with E-state index < -0.39 is 5.60 Å². The Kier molecular flexibility index (Phi) is 4.36. The lowest BCUT2D eigenvalue weighted by Crippen LogP contribution is -2.41. The summed E-state index contributed by atoms with van der Waals surface area (Å²) in [6, 6.07) is 9.88. The van der Waals surface area contributed by atoms with Gasteiger partial charge in [0, 0.05) is 17.8 Å². The van der Waals surface area contributed by atoms with Gasteiger partial charge in [-0.1, -0.05) is 30.3 Å². The number of rotatable bonds is 5. The molecule has 1 saturated heterocycles. The van der Waals surface area contributed by atoms with Crippen LogP contribution in [-0.4, -0.2) is 28.7 Å². The van der Waals surface area contributed by atoms with Crippen LogP contribution in [0.5, 0.6) is 0 Å². The number of nitrogens with one attached hydrogen (secondary N) is 1. The molecule has 1 aromatic carbocycles. The molecule has 0 spiro atoms. The Morgan fingerprint density at radius 3 is 2.72 bits per heavy atom. The molecule has 18 heavy (non-hydrogen) atoms. The van der Waals surface area contributed by atoms with Gasteiger partial charge in [-0.05, 0) is 38.0 Å². The summed E-state index contributed by atoms with van der Waals surface area (Å²) in [4.78, 5) is 0. The zero-order valence-electron chi connectivity index (χ0n) is 11.3. The molecule has 0 amide bonds. The number of thioether (sulfide) groups is 1. The predicted octanol–water partition coefficient (Wildman–Crippen LogP) is 2.77. The summed E-state index contributed by atoms with van der Waals surface area (Å²) < 4.78 is 0.354. The van der Waals surface area contributed by atoms with Gasteiger partial charge in [-0.2, -0.15) is 11.8 Å². The molecule has 2 nitrogen and oxygen atoms in total. The average Bonchev–Trinajstić information content (AvgIpc) is 2.77. The van der Waals surface area contributed by atoms with Crippen molar-refractivity contribution in [1.29, 1.82) is 0 Å². The quantitative estimate of drug-likeness (QED) is 0.858. The maximum absolute atomic E-state index is 10.5. The number of benzene rings is 1. The minimum absolute atomic E-state index is 0.354. The van der Waals surface area contributed by atoms with E-state index in [2.05, 4.69) is 12.2 Å². The summed E-state index contributed by atoms with van der Waals surface area (Å²) in [5.41, 5.74) is 0.183. The van der Waals surface area contributed by atoms with Crippen molar-refractivity contribution < 1.29 is 5.11 Å². The first-order valence-corrected chi connectivity index (χ1v) is 7.63. The first kappa shape index (κ1) is 13.9. The first-order valence-electron chi connectivity index (χ1n) is 6.64. The Balaban J connectivity index is 1.86. The van der Waals surface area contributed by atoms with E-state index in [1.807, 2.05) is 49.0 Å². The van der Waals surface area contributed by atoms with Crippen LogP contribution in [0.4, 0.5) is 0 Å². The second-order valence-electron chi connectivity index (χ2n) is 5.65. The summed E-state index contributed by atoms with van der Waals surface area (Å²) >= 11 is 2.05. The lowest BCUT2D eigenvalue weighted by atomic mass is 9.95. The molecule has 0 bridgehead atoms. The molecule has 2 atom stereocenters. The Morgan fingerprint density at radius 1 is 1.39 bits per heavy atom. The van der Waals surface area contributed by atoms with Gasteiger partial charge in [0.15, 0.2) is 0 Å². The number of hydrogen-bond acceptors (Lipinski definition) is 3. The zero-order valence-corrected chi connectivity index (χ0v) is 12.1. The van der Waals surface area contributed by atoms with Crippen molar-refractivity contribution in [2.24, 2.45) is 0 Å². The van der Waals surface area contributed by atoms with E-state index in [0.29, 0.717) is 11.3 Å². The monoisotopic (exact) mass is 265 g/mol. The summed E-state index contributed by atoms with van der Waals surface area (Å²) in [5, 5.41) is 13.9. The smallest absolute Gasteiger partial charge is 0.0992 e. The molecule has 0 aliphatic carbocycles. The fourth-order valence-corrected chi connectivity index (χ4v) is 3.72. The molecule has 3 heteroatoms. The van der Waals surface area contributed by atoms with E-state index in [4.69, 9.17) is 0 Å². The molecule has 1 aromatic rings.